The molecule has 2 heterocycles. The molecule has 0 saturated carbocycles. The lowest BCUT2D eigenvalue weighted by Gasteiger charge is -2.34. The fraction of sp³-hybridized carbons (Fsp3) is 0.909. The van der Waals surface area contributed by atoms with E-state index in [-0.39, 0.29) is 17.7 Å². The van der Waals surface area contributed by atoms with Crippen LogP contribution in [0.4, 0.5) is 0 Å². The van der Waals surface area contributed by atoms with Crippen LogP contribution < -0.4 is 5.32 Å². The van der Waals surface area contributed by atoms with Gasteiger partial charge in [-0.05, 0) is 13.3 Å². The molecule has 2 aliphatic rings. The molecule has 2 saturated heterocycles. The van der Waals surface area contributed by atoms with Gasteiger partial charge >= 0.3 is 0 Å². The number of carbonyl (C=O) groups is 1. The first-order valence-electron chi connectivity index (χ1n) is 6.49. The number of rotatable bonds is 3. The number of nitrogens with one attached hydrogen (secondary N) is 1. The normalized spacial score (nSPS) is 28.5. The Bertz CT molecular complexity index is 410. The molecule has 2 rings (SSSR count). The summed E-state index contributed by atoms with van der Waals surface area (Å²) >= 11 is 0. The minimum absolute atomic E-state index is 0.0612. The van der Waals surface area contributed by atoms with Crippen LogP contribution in [0, 0.1) is 0 Å². The monoisotopic (exact) mass is 275 g/mol. The van der Waals surface area contributed by atoms with E-state index < -0.39 is 10.0 Å². The lowest BCUT2D eigenvalue weighted by atomic mass is 10.2. The predicted molar refractivity (Wildman–Crippen MR) is 68.6 cm³/mol. The second-order valence-electron chi connectivity index (χ2n) is 4.96. The molecule has 2 aliphatic heterocycles. The molecule has 1 amide bonds. The predicted octanol–water partition coefficient (Wildman–Crippen LogP) is -0.768. The quantitative estimate of drug-likeness (QED) is 0.734. The summed E-state index contributed by atoms with van der Waals surface area (Å²) in [7, 11) is -3.08. The van der Waals surface area contributed by atoms with Crippen LogP contribution in [0.3, 0.4) is 0 Å². The van der Waals surface area contributed by atoms with E-state index in [1.807, 2.05) is 11.8 Å². The van der Waals surface area contributed by atoms with Crippen LogP contribution in [0.25, 0.3) is 0 Å². The van der Waals surface area contributed by atoms with Crippen molar-refractivity contribution in [3.05, 3.63) is 0 Å². The molecule has 0 aromatic rings. The van der Waals surface area contributed by atoms with Gasteiger partial charge in [-0.1, -0.05) is 0 Å². The summed E-state index contributed by atoms with van der Waals surface area (Å²) in [6.45, 7) is 5.25. The van der Waals surface area contributed by atoms with Crippen LogP contribution in [-0.4, -0.2) is 68.0 Å². The van der Waals surface area contributed by atoms with Crippen molar-refractivity contribution in [2.45, 2.75) is 25.8 Å². The molecule has 1 N–H and O–H groups in total. The lowest BCUT2D eigenvalue weighted by molar-refractivity contribution is -0.134. The minimum atomic E-state index is -3.08. The molecule has 0 aromatic heterocycles. The van der Waals surface area contributed by atoms with Crippen molar-refractivity contribution in [1.29, 1.82) is 0 Å². The molecule has 104 valence electrons. The van der Waals surface area contributed by atoms with Gasteiger partial charge < -0.3 is 10.2 Å². The third-order valence-corrected chi connectivity index (χ3v) is 5.56. The van der Waals surface area contributed by atoms with Gasteiger partial charge in [-0.25, -0.2) is 12.7 Å². The van der Waals surface area contributed by atoms with Crippen LogP contribution >= 0.6 is 0 Å². The summed E-state index contributed by atoms with van der Waals surface area (Å²) in [5.74, 6) is 0.289. The fourth-order valence-electron chi connectivity index (χ4n) is 2.52. The first kappa shape index (κ1) is 13.8. The summed E-state index contributed by atoms with van der Waals surface area (Å²) in [6, 6.07) is 0.196. The molecule has 0 unspecified atom stereocenters. The van der Waals surface area contributed by atoms with Crippen molar-refractivity contribution < 1.29 is 13.2 Å². The van der Waals surface area contributed by atoms with Crippen LogP contribution in [0.5, 0.6) is 0 Å². The van der Waals surface area contributed by atoms with E-state index in [9.17, 15) is 13.2 Å². The molecule has 7 heteroatoms. The standard InChI is InChI=1S/C11H21N3O3S/c1-10-9-12-4-7-14(10)11(15)3-6-13-5-2-8-18(13,16)17/h10,12H,2-9H2,1H3/t10-/m1/s1. The van der Waals surface area contributed by atoms with Crippen molar-refractivity contribution in [3.63, 3.8) is 0 Å². The summed E-state index contributed by atoms with van der Waals surface area (Å²) in [6.07, 6.45) is 0.976. The van der Waals surface area contributed by atoms with E-state index in [2.05, 4.69) is 5.32 Å². The van der Waals surface area contributed by atoms with E-state index in [0.717, 1.165) is 13.1 Å². The van der Waals surface area contributed by atoms with Crippen molar-refractivity contribution in [2.75, 3.05) is 38.5 Å². The Labute approximate surface area is 108 Å². The third kappa shape index (κ3) is 3.02. The van der Waals surface area contributed by atoms with Crippen molar-refractivity contribution in [2.24, 2.45) is 0 Å². The van der Waals surface area contributed by atoms with Gasteiger partial charge in [0.1, 0.15) is 0 Å². The van der Waals surface area contributed by atoms with E-state index in [1.54, 1.807) is 0 Å². The average molecular weight is 275 g/mol. The number of carbonyl (C=O) groups excluding carboxylic acids is 1. The van der Waals surface area contributed by atoms with Crippen LogP contribution in [0.2, 0.25) is 0 Å². The number of nitrogens with zero attached hydrogens (tertiary/aromatic N) is 2. The first-order valence-corrected chi connectivity index (χ1v) is 8.09. The lowest BCUT2D eigenvalue weighted by Crippen LogP contribution is -2.52. The smallest absolute Gasteiger partial charge is 0.224 e. The Morgan fingerprint density at radius 3 is 2.78 bits per heavy atom. The van der Waals surface area contributed by atoms with E-state index >= 15 is 0 Å². The van der Waals surface area contributed by atoms with Gasteiger partial charge in [-0.2, -0.15) is 0 Å². The number of piperazine rings is 1. The van der Waals surface area contributed by atoms with Crippen LogP contribution in [0.15, 0.2) is 0 Å². The van der Waals surface area contributed by atoms with Gasteiger partial charge in [-0.15, -0.1) is 0 Å². The summed E-state index contributed by atoms with van der Waals surface area (Å²) < 4.78 is 24.7. The zero-order valence-electron chi connectivity index (χ0n) is 10.8. The number of hydrogen-bond donors (Lipinski definition) is 1. The van der Waals surface area contributed by atoms with Gasteiger partial charge in [0.2, 0.25) is 15.9 Å². The van der Waals surface area contributed by atoms with E-state index in [1.165, 1.54) is 4.31 Å². The zero-order chi connectivity index (χ0) is 13.2. The van der Waals surface area contributed by atoms with Crippen molar-refractivity contribution in [3.8, 4) is 0 Å². The molecule has 2 fully saturated rings. The van der Waals surface area contributed by atoms with Crippen molar-refractivity contribution >= 4 is 15.9 Å². The van der Waals surface area contributed by atoms with Gasteiger partial charge in [0.25, 0.3) is 0 Å². The summed E-state index contributed by atoms with van der Waals surface area (Å²) in [5, 5.41) is 3.23. The maximum Gasteiger partial charge on any atom is 0.224 e. The molecular formula is C11H21N3O3S. The van der Waals surface area contributed by atoms with E-state index in [4.69, 9.17) is 0 Å². The van der Waals surface area contributed by atoms with Crippen LogP contribution in [-0.2, 0) is 14.8 Å². The number of amides is 1. The Kier molecular flexibility index (Phi) is 4.24. The average Bonchev–Trinajstić information content (AvgIpc) is 2.66. The molecule has 0 spiro atoms. The maximum atomic E-state index is 12.1. The Morgan fingerprint density at radius 2 is 2.17 bits per heavy atom. The van der Waals surface area contributed by atoms with Crippen molar-refractivity contribution in [1.82, 2.24) is 14.5 Å². The second kappa shape index (κ2) is 5.54. The summed E-state index contributed by atoms with van der Waals surface area (Å²) in [5.41, 5.74) is 0. The molecule has 6 nitrogen and oxygen atoms in total. The largest absolute Gasteiger partial charge is 0.337 e. The summed E-state index contributed by atoms with van der Waals surface area (Å²) in [4.78, 5) is 13.9. The third-order valence-electron chi connectivity index (χ3n) is 3.60. The Hall–Kier alpha value is -0.660. The molecular weight excluding hydrogens is 254 g/mol. The highest BCUT2D eigenvalue weighted by Gasteiger charge is 2.29. The Morgan fingerprint density at radius 1 is 1.39 bits per heavy atom. The number of sulfonamides is 1. The fourth-order valence-corrected chi connectivity index (χ4v) is 4.05. The highest BCUT2D eigenvalue weighted by molar-refractivity contribution is 7.89. The van der Waals surface area contributed by atoms with E-state index in [0.29, 0.717) is 32.5 Å². The zero-order valence-corrected chi connectivity index (χ0v) is 11.6. The number of hydrogen-bond acceptors (Lipinski definition) is 4. The molecule has 0 aromatic carbocycles. The highest BCUT2D eigenvalue weighted by atomic mass is 32.2. The second-order valence-corrected chi connectivity index (χ2v) is 7.05. The topological polar surface area (TPSA) is 69.7 Å². The van der Waals surface area contributed by atoms with Gasteiger partial charge in [0.15, 0.2) is 0 Å². The molecule has 18 heavy (non-hydrogen) atoms. The molecule has 0 aliphatic carbocycles. The molecule has 0 bridgehead atoms. The molecule has 0 radical (unpaired) electrons. The highest BCUT2D eigenvalue weighted by Crippen LogP contribution is 2.14. The SMILES string of the molecule is C[C@@H]1CNCCN1C(=O)CCN1CCCS1(=O)=O. The Balaban J connectivity index is 1.84. The maximum absolute atomic E-state index is 12.1. The molecule has 1 atom stereocenters. The van der Waals surface area contributed by atoms with Crippen LogP contribution in [0.1, 0.15) is 19.8 Å². The minimum Gasteiger partial charge on any atom is -0.337 e. The first-order chi connectivity index (χ1) is 8.50. The van der Waals surface area contributed by atoms with Gasteiger partial charge in [0, 0.05) is 45.2 Å². The van der Waals surface area contributed by atoms with Gasteiger partial charge in [-0.3, -0.25) is 4.79 Å². The van der Waals surface area contributed by atoms with Gasteiger partial charge in [0.05, 0.1) is 5.75 Å².